The fourth-order valence-corrected chi connectivity index (χ4v) is 1.99. The van der Waals surface area contributed by atoms with E-state index in [1.165, 1.54) is 0 Å². The van der Waals surface area contributed by atoms with Crippen molar-refractivity contribution >= 4 is 5.91 Å². The number of nitrogens with zero attached hydrogens (tertiary/aromatic N) is 1. The molecule has 1 aromatic rings. The summed E-state index contributed by atoms with van der Waals surface area (Å²) in [6, 6.07) is 2.93. The molecule has 1 aromatic carbocycles. The van der Waals surface area contributed by atoms with Gasteiger partial charge >= 0.3 is 0 Å². The van der Waals surface area contributed by atoms with Crippen molar-refractivity contribution in [3.63, 3.8) is 0 Å². The first-order valence-corrected chi connectivity index (χ1v) is 5.55. The van der Waals surface area contributed by atoms with Gasteiger partial charge in [-0.3, -0.25) is 4.79 Å². The normalized spacial score (nSPS) is 20.4. The number of amides is 1. The molecule has 0 saturated carbocycles. The number of carbonyl (C=O) groups is 1. The minimum absolute atomic E-state index is 0.0302. The Morgan fingerprint density at radius 3 is 2.59 bits per heavy atom. The van der Waals surface area contributed by atoms with Crippen molar-refractivity contribution in [2.45, 2.75) is 13.0 Å². The molecule has 0 unspecified atom stereocenters. The van der Waals surface area contributed by atoms with Crippen LogP contribution in [0.15, 0.2) is 18.2 Å². The van der Waals surface area contributed by atoms with Crippen LogP contribution in [0.3, 0.4) is 0 Å². The Bertz CT molecular complexity index is 416. The Balaban J connectivity index is 2.23. The number of benzene rings is 1. The second kappa shape index (κ2) is 4.79. The smallest absolute Gasteiger partial charge is 0.254 e. The number of carbonyl (C=O) groups excluding carboxylic acids is 1. The molecule has 2 rings (SSSR count). The molecule has 1 heterocycles. The molecule has 1 amide bonds. The largest absolute Gasteiger partial charge is 0.333 e. The fourth-order valence-electron chi connectivity index (χ4n) is 1.99. The molecule has 92 valence electrons. The van der Waals surface area contributed by atoms with Crippen molar-refractivity contribution in [1.82, 2.24) is 10.2 Å². The van der Waals surface area contributed by atoms with Gasteiger partial charge in [0.2, 0.25) is 0 Å². The van der Waals surface area contributed by atoms with Crippen molar-refractivity contribution in [3.05, 3.63) is 35.4 Å². The summed E-state index contributed by atoms with van der Waals surface area (Å²) in [5.74, 6) is -1.77. The van der Waals surface area contributed by atoms with Gasteiger partial charge in [0.1, 0.15) is 11.6 Å². The average molecular weight is 240 g/mol. The maximum atomic E-state index is 13.0. The second-order valence-electron chi connectivity index (χ2n) is 4.21. The molecule has 1 aliphatic heterocycles. The third-order valence-electron chi connectivity index (χ3n) is 2.87. The molecule has 17 heavy (non-hydrogen) atoms. The molecule has 0 aliphatic carbocycles. The van der Waals surface area contributed by atoms with E-state index in [9.17, 15) is 13.6 Å². The van der Waals surface area contributed by atoms with Crippen LogP contribution in [0.4, 0.5) is 8.78 Å². The molecule has 1 aliphatic rings. The predicted octanol–water partition coefficient (Wildman–Crippen LogP) is 1.40. The molecule has 0 spiro atoms. The first-order valence-electron chi connectivity index (χ1n) is 5.55. The Kier molecular flexibility index (Phi) is 3.38. The van der Waals surface area contributed by atoms with Gasteiger partial charge in [-0.1, -0.05) is 0 Å². The Labute approximate surface area is 98.4 Å². The molecule has 0 radical (unpaired) electrons. The zero-order chi connectivity index (χ0) is 12.4. The number of piperazine rings is 1. The lowest BCUT2D eigenvalue weighted by Gasteiger charge is -2.34. The van der Waals surface area contributed by atoms with Gasteiger partial charge in [-0.2, -0.15) is 0 Å². The van der Waals surface area contributed by atoms with E-state index < -0.39 is 11.6 Å². The lowest BCUT2D eigenvalue weighted by Crippen LogP contribution is -2.52. The van der Waals surface area contributed by atoms with Gasteiger partial charge in [0, 0.05) is 37.3 Å². The number of rotatable bonds is 1. The third-order valence-corrected chi connectivity index (χ3v) is 2.87. The molecule has 0 bridgehead atoms. The van der Waals surface area contributed by atoms with Crippen molar-refractivity contribution < 1.29 is 13.6 Å². The molecular weight excluding hydrogens is 226 g/mol. The maximum Gasteiger partial charge on any atom is 0.254 e. The van der Waals surface area contributed by atoms with Crippen LogP contribution in [0, 0.1) is 11.6 Å². The van der Waals surface area contributed by atoms with Crippen LogP contribution < -0.4 is 5.32 Å². The average Bonchev–Trinajstić information content (AvgIpc) is 2.27. The number of hydrogen-bond donors (Lipinski definition) is 1. The number of hydrogen-bond acceptors (Lipinski definition) is 2. The predicted molar refractivity (Wildman–Crippen MR) is 59.7 cm³/mol. The van der Waals surface area contributed by atoms with E-state index >= 15 is 0 Å². The lowest BCUT2D eigenvalue weighted by atomic mass is 10.1. The van der Waals surface area contributed by atoms with E-state index in [2.05, 4.69) is 5.32 Å². The highest BCUT2D eigenvalue weighted by atomic mass is 19.1. The lowest BCUT2D eigenvalue weighted by molar-refractivity contribution is 0.0654. The van der Waals surface area contributed by atoms with Crippen LogP contribution in [0.5, 0.6) is 0 Å². The van der Waals surface area contributed by atoms with E-state index in [0.717, 1.165) is 18.2 Å². The monoisotopic (exact) mass is 240 g/mol. The van der Waals surface area contributed by atoms with Gasteiger partial charge in [0.05, 0.1) is 0 Å². The highest BCUT2D eigenvalue weighted by Crippen LogP contribution is 2.13. The van der Waals surface area contributed by atoms with Crippen LogP contribution in [0.2, 0.25) is 0 Å². The molecule has 1 N–H and O–H groups in total. The molecule has 1 saturated heterocycles. The summed E-state index contributed by atoms with van der Waals surface area (Å²) in [4.78, 5) is 13.7. The van der Waals surface area contributed by atoms with Crippen LogP contribution >= 0.6 is 0 Å². The van der Waals surface area contributed by atoms with Gasteiger partial charge in [0.25, 0.3) is 5.91 Å². The van der Waals surface area contributed by atoms with Crippen LogP contribution in [0.25, 0.3) is 0 Å². The molecule has 5 heteroatoms. The zero-order valence-electron chi connectivity index (χ0n) is 9.54. The summed E-state index contributed by atoms with van der Waals surface area (Å²) in [5, 5.41) is 3.15. The summed E-state index contributed by atoms with van der Waals surface area (Å²) >= 11 is 0. The standard InChI is InChI=1S/C12H14F2N2O/c1-8-7-15-2-3-16(8)12(17)9-4-10(13)6-11(14)5-9/h4-6,8,15H,2-3,7H2,1H3/t8-/m1/s1. The highest BCUT2D eigenvalue weighted by Gasteiger charge is 2.24. The molecule has 0 aromatic heterocycles. The SMILES string of the molecule is C[C@@H]1CNCCN1C(=O)c1cc(F)cc(F)c1. The van der Waals surface area contributed by atoms with Gasteiger partial charge in [0.15, 0.2) is 0 Å². The summed E-state index contributed by atoms with van der Waals surface area (Å²) in [6.45, 7) is 3.86. The van der Waals surface area contributed by atoms with Crippen LogP contribution in [-0.2, 0) is 0 Å². The number of halogens is 2. The van der Waals surface area contributed by atoms with E-state index in [1.54, 1.807) is 4.90 Å². The van der Waals surface area contributed by atoms with Crippen LogP contribution in [0.1, 0.15) is 17.3 Å². The summed E-state index contributed by atoms with van der Waals surface area (Å²) < 4.78 is 26.1. The van der Waals surface area contributed by atoms with Gasteiger partial charge < -0.3 is 10.2 Å². The van der Waals surface area contributed by atoms with E-state index in [-0.39, 0.29) is 17.5 Å². The van der Waals surface area contributed by atoms with E-state index in [1.807, 2.05) is 6.92 Å². The first kappa shape index (κ1) is 12.0. The molecule has 3 nitrogen and oxygen atoms in total. The molecular formula is C12H14F2N2O. The van der Waals surface area contributed by atoms with Gasteiger partial charge in [-0.25, -0.2) is 8.78 Å². The summed E-state index contributed by atoms with van der Waals surface area (Å²) in [6.07, 6.45) is 0. The van der Waals surface area contributed by atoms with E-state index in [4.69, 9.17) is 0 Å². The Hall–Kier alpha value is -1.49. The van der Waals surface area contributed by atoms with Crippen molar-refractivity contribution in [2.75, 3.05) is 19.6 Å². The van der Waals surface area contributed by atoms with Gasteiger partial charge in [-0.05, 0) is 19.1 Å². The summed E-state index contributed by atoms with van der Waals surface area (Å²) in [5.41, 5.74) is 0.0660. The Morgan fingerprint density at radius 2 is 2.00 bits per heavy atom. The van der Waals surface area contributed by atoms with E-state index in [0.29, 0.717) is 19.6 Å². The highest BCUT2D eigenvalue weighted by molar-refractivity contribution is 5.94. The quantitative estimate of drug-likeness (QED) is 0.804. The minimum Gasteiger partial charge on any atom is -0.333 e. The zero-order valence-corrected chi connectivity index (χ0v) is 9.54. The summed E-state index contributed by atoms with van der Waals surface area (Å²) in [7, 11) is 0. The topological polar surface area (TPSA) is 32.3 Å². The van der Waals surface area contributed by atoms with Gasteiger partial charge in [-0.15, -0.1) is 0 Å². The second-order valence-corrected chi connectivity index (χ2v) is 4.21. The van der Waals surface area contributed by atoms with Crippen molar-refractivity contribution in [1.29, 1.82) is 0 Å². The van der Waals surface area contributed by atoms with Crippen LogP contribution in [-0.4, -0.2) is 36.5 Å². The van der Waals surface area contributed by atoms with Crippen molar-refractivity contribution in [2.24, 2.45) is 0 Å². The fraction of sp³-hybridized carbons (Fsp3) is 0.417. The van der Waals surface area contributed by atoms with Crippen molar-refractivity contribution in [3.8, 4) is 0 Å². The number of nitrogens with one attached hydrogen (secondary N) is 1. The first-order chi connectivity index (χ1) is 8.08. The Morgan fingerprint density at radius 1 is 1.35 bits per heavy atom. The molecule has 1 fully saturated rings. The third kappa shape index (κ3) is 2.61. The minimum atomic E-state index is -0.726. The maximum absolute atomic E-state index is 13.0. The molecule has 1 atom stereocenters.